The number of benzene rings is 2. The number of sulfonamides is 1. The monoisotopic (exact) mass is 438 g/mol. The van der Waals surface area contributed by atoms with Crippen LogP contribution in [0.2, 0.25) is 0 Å². The molecule has 5 nitrogen and oxygen atoms in total. The minimum atomic E-state index is -3.46. The lowest BCUT2D eigenvalue weighted by atomic mass is 10.2. The molecule has 7 heteroatoms. The molecule has 2 aromatic carbocycles. The standard InChI is InChI=1S/C19H23BrN2O3S/c1-2-25-17-9-7-16(8-10-17)15-21-11-13-22(14-12-21)26(23,24)19-6-4-3-5-18(19)20/h3-10H,2,11-15H2,1H3. The highest BCUT2D eigenvalue weighted by Gasteiger charge is 2.29. The summed E-state index contributed by atoms with van der Waals surface area (Å²) in [5, 5.41) is 0. The molecule has 2 aromatic rings. The highest BCUT2D eigenvalue weighted by atomic mass is 79.9. The van der Waals surface area contributed by atoms with Gasteiger partial charge in [-0.2, -0.15) is 4.31 Å². The van der Waals surface area contributed by atoms with Crippen molar-refractivity contribution in [2.45, 2.75) is 18.4 Å². The predicted molar refractivity (Wildman–Crippen MR) is 106 cm³/mol. The van der Waals surface area contributed by atoms with Crippen molar-refractivity contribution in [2.75, 3.05) is 32.8 Å². The molecule has 1 fully saturated rings. The largest absolute Gasteiger partial charge is 0.494 e. The lowest BCUT2D eigenvalue weighted by molar-refractivity contribution is 0.181. The summed E-state index contributed by atoms with van der Waals surface area (Å²) in [7, 11) is -3.46. The Morgan fingerprint density at radius 3 is 2.27 bits per heavy atom. The molecule has 1 aliphatic rings. The summed E-state index contributed by atoms with van der Waals surface area (Å²) in [4.78, 5) is 2.61. The molecule has 0 amide bonds. The smallest absolute Gasteiger partial charge is 0.244 e. The average Bonchev–Trinajstić information content (AvgIpc) is 2.64. The van der Waals surface area contributed by atoms with E-state index in [0.29, 0.717) is 29.1 Å². The maximum Gasteiger partial charge on any atom is 0.244 e. The van der Waals surface area contributed by atoms with Crippen LogP contribution in [-0.4, -0.2) is 50.4 Å². The molecule has 0 saturated carbocycles. The summed E-state index contributed by atoms with van der Waals surface area (Å²) in [5.74, 6) is 0.876. The Morgan fingerprint density at radius 2 is 1.65 bits per heavy atom. The van der Waals surface area contributed by atoms with Crippen LogP contribution in [0.3, 0.4) is 0 Å². The predicted octanol–water partition coefficient (Wildman–Crippen LogP) is 3.35. The normalized spacial score (nSPS) is 16.5. The molecule has 1 aliphatic heterocycles. The first-order chi connectivity index (χ1) is 12.5. The topological polar surface area (TPSA) is 49.9 Å². The fraction of sp³-hybridized carbons (Fsp3) is 0.368. The van der Waals surface area contributed by atoms with E-state index in [9.17, 15) is 8.42 Å². The Kier molecular flexibility index (Phi) is 6.34. The zero-order valence-corrected chi connectivity index (χ0v) is 17.2. The van der Waals surface area contributed by atoms with E-state index in [0.717, 1.165) is 25.4 Å². The second kappa shape index (κ2) is 8.52. The maximum absolute atomic E-state index is 12.8. The molecule has 0 radical (unpaired) electrons. The van der Waals surface area contributed by atoms with Crippen LogP contribution in [0.1, 0.15) is 12.5 Å². The highest BCUT2D eigenvalue weighted by Crippen LogP contribution is 2.25. The van der Waals surface area contributed by atoms with E-state index in [-0.39, 0.29) is 0 Å². The molecule has 3 rings (SSSR count). The Morgan fingerprint density at radius 1 is 1.00 bits per heavy atom. The molecule has 0 unspecified atom stereocenters. The molecular weight excluding hydrogens is 416 g/mol. The van der Waals surface area contributed by atoms with E-state index in [1.54, 1.807) is 22.5 Å². The first-order valence-electron chi connectivity index (χ1n) is 8.69. The third kappa shape index (κ3) is 4.46. The van der Waals surface area contributed by atoms with Crippen molar-refractivity contribution in [3.63, 3.8) is 0 Å². The van der Waals surface area contributed by atoms with E-state index in [1.165, 1.54) is 5.56 Å². The summed E-state index contributed by atoms with van der Waals surface area (Å²) < 4.78 is 33.3. The Labute approximate surface area is 163 Å². The number of halogens is 1. The van der Waals surface area contributed by atoms with Crippen LogP contribution < -0.4 is 4.74 Å². The molecule has 0 aromatic heterocycles. The number of piperazine rings is 1. The molecular formula is C19H23BrN2O3S. The SMILES string of the molecule is CCOc1ccc(CN2CCN(S(=O)(=O)c3ccccc3Br)CC2)cc1. The summed E-state index contributed by atoms with van der Waals surface area (Å²) in [6, 6.07) is 15.1. The summed E-state index contributed by atoms with van der Waals surface area (Å²) >= 11 is 3.35. The van der Waals surface area contributed by atoms with Crippen molar-refractivity contribution in [3.8, 4) is 5.75 Å². The quantitative estimate of drug-likeness (QED) is 0.693. The van der Waals surface area contributed by atoms with Crippen LogP contribution in [0.25, 0.3) is 0 Å². The second-order valence-corrected chi connectivity index (χ2v) is 8.95. The van der Waals surface area contributed by atoms with Crippen molar-refractivity contribution >= 4 is 26.0 Å². The Bertz CT molecular complexity index is 832. The summed E-state index contributed by atoms with van der Waals surface area (Å²) in [5.41, 5.74) is 1.20. The van der Waals surface area contributed by atoms with Gasteiger partial charge in [-0.15, -0.1) is 0 Å². The number of hydrogen-bond acceptors (Lipinski definition) is 4. The van der Waals surface area contributed by atoms with Crippen molar-refractivity contribution in [3.05, 3.63) is 58.6 Å². The van der Waals surface area contributed by atoms with E-state index in [4.69, 9.17) is 4.74 Å². The molecule has 140 valence electrons. The van der Waals surface area contributed by atoms with Gasteiger partial charge in [0.2, 0.25) is 10.0 Å². The van der Waals surface area contributed by atoms with E-state index < -0.39 is 10.0 Å². The summed E-state index contributed by atoms with van der Waals surface area (Å²) in [6.07, 6.45) is 0. The van der Waals surface area contributed by atoms with Crippen LogP contribution >= 0.6 is 15.9 Å². The molecule has 1 heterocycles. The number of hydrogen-bond donors (Lipinski definition) is 0. The van der Waals surface area contributed by atoms with E-state index in [1.807, 2.05) is 25.1 Å². The van der Waals surface area contributed by atoms with Gasteiger partial charge >= 0.3 is 0 Å². The molecule has 1 saturated heterocycles. The van der Waals surface area contributed by atoms with Gasteiger partial charge in [-0.3, -0.25) is 4.90 Å². The van der Waals surface area contributed by atoms with Crippen LogP contribution in [0.4, 0.5) is 0 Å². The van der Waals surface area contributed by atoms with Crippen molar-refractivity contribution in [1.29, 1.82) is 0 Å². The number of nitrogens with zero attached hydrogens (tertiary/aromatic N) is 2. The van der Waals surface area contributed by atoms with Gasteiger partial charge in [-0.05, 0) is 52.7 Å². The van der Waals surface area contributed by atoms with Crippen molar-refractivity contribution in [1.82, 2.24) is 9.21 Å². The fourth-order valence-corrected chi connectivity index (χ4v) is 5.42. The van der Waals surface area contributed by atoms with Gasteiger partial charge in [-0.25, -0.2) is 8.42 Å². The van der Waals surface area contributed by atoms with Gasteiger partial charge in [0.25, 0.3) is 0 Å². The molecule has 0 aliphatic carbocycles. The molecule has 0 bridgehead atoms. The van der Waals surface area contributed by atoms with Crippen molar-refractivity contribution < 1.29 is 13.2 Å². The van der Waals surface area contributed by atoms with Crippen LogP contribution in [-0.2, 0) is 16.6 Å². The molecule has 26 heavy (non-hydrogen) atoms. The van der Waals surface area contributed by atoms with Gasteiger partial charge in [0.15, 0.2) is 0 Å². The second-order valence-electron chi connectivity index (χ2n) is 6.19. The molecule has 0 atom stereocenters. The van der Waals surface area contributed by atoms with Crippen molar-refractivity contribution in [2.24, 2.45) is 0 Å². The minimum absolute atomic E-state index is 0.333. The van der Waals surface area contributed by atoms with Crippen LogP contribution in [0.15, 0.2) is 57.9 Å². The van der Waals surface area contributed by atoms with Crippen LogP contribution in [0.5, 0.6) is 5.75 Å². The maximum atomic E-state index is 12.8. The fourth-order valence-electron chi connectivity index (χ4n) is 3.04. The Balaban J connectivity index is 1.59. The van der Waals surface area contributed by atoms with Crippen LogP contribution in [0, 0.1) is 0 Å². The highest BCUT2D eigenvalue weighted by molar-refractivity contribution is 9.10. The minimum Gasteiger partial charge on any atom is -0.494 e. The first kappa shape index (κ1) is 19.4. The lowest BCUT2D eigenvalue weighted by Gasteiger charge is -2.34. The average molecular weight is 439 g/mol. The molecule has 0 N–H and O–H groups in total. The lowest BCUT2D eigenvalue weighted by Crippen LogP contribution is -2.48. The van der Waals surface area contributed by atoms with Gasteiger partial charge in [-0.1, -0.05) is 24.3 Å². The number of ether oxygens (including phenoxy) is 1. The van der Waals surface area contributed by atoms with Gasteiger partial charge in [0.05, 0.1) is 11.5 Å². The zero-order valence-electron chi connectivity index (χ0n) is 14.8. The zero-order chi connectivity index (χ0) is 18.6. The van der Waals surface area contributed by atoms with E-state index in [2.05, 4.69) is 33.0 Å². The van der Waals surface area contributed by atoms with Gasteiger partial charge in [0, 0.05) is 37.2 Å². The van der Waals surface area contributed by atoms with E-state index >= 15 is 0 Å². The number of rotatable bonds is 6. The van der Waals surface area contributed by atoms with Gasteiger partial charge in [0.1, 0.15) is 5.75 Å². The molecule has 0 spiro atoms. The first-order valence-corrected chi connectivity index (χ1v) is 10.9. The summed E-state index contributed by atoms with van der Waals surface area (Å²) in [6.45, 7) is 5.88. The third-order valence-electron chi connectivity index (χ3n) is 4.43. The van der Waals surface area contributed by atoms with Gasteiger partial charge < -0.3 is 4.74 Å². The third-order valence-corrected chi connectivity index (χ3v) is 7.34. The Hall–Kier alpha value is -1.41.